The summed E-state index contributed by atoms with van der Waals surface area (Å²) in [4.78, 5) is 23.6. The molecule has 1 saturated heterocycles. The Morgan fingerprint density at radius 1 is 1.41 bits per heavy atom. The first-order chi connectivity index (χ1) is 8.22. The van der Waals surface area contributed by atoms with E-state index in [0.29, 0.717) is 13.1 Å². The molecule has 1 fully saturated rings. The lowest BCUT2D eigenvalue weighted by molar-refractivity contribution is 0.00447. The average Bonchev–Trinajstić information content (AvgIpc) is 2.36. The molecular formula is C12H18N2O3. The Bertz CT molecular complexity index is 483. The second-order valence-corrected chi connectivity index (χ2v) is 4.32. The van der Waals surface area contributed by atoms with Gasteiger partial charge in [-0.1, -0.05) is 0 Å². The van der Waals surface area contributed by atoms with Gasteiger partial charge >= 0.3 is 5.69 Å². The van der Waals surface area contributed by atoms with Crippen LogP contribution in [0, 0.1) is 0 Å². The summed E-state index contributed by atoms with van der Waals surface area (Å²) in [5.41, 5.74) is -0.483. The summed E-state index contributed by atoms with van der Waals surface area (Å²) >= 11 is 0. The van der Waals surface area contributed by atoms with Crippen LogP contribution in [0.4, 0.5) is 0 Å². The van der Waals surface area contributed by atoms with Gasteiger partial charge in [0.15, 0.2) is 0 Å². The highest BCUT2D eigenvalue weighted by Gasteiger charge is 2.16. The molecule has 1 aromatic rings. The van der Waals surface area contributed by atoms with Crippen molar-refractivity contribution in [1.82, 2.24) is 9.13 Å². The van der Waals surface area contributed by atoms with Crippen LogP contribution in [-0.2, 0) is 17.8 Å². The molecular weight excluding hydrogens is 220 g/mol. The second-order valence-electron chi connectivity index (χ2n) is 4.32. The number of aryl methyl sites for hydroxylation is 1. The molecule has 1 aliphatic heterocycles. The van der Waals surface area contributed by atoms with Gasteiger partial charge in [-0.3, -0.25) is 9.36 Å². The number of ether oxygens (including phenoxy) is 1. The van der Waals surface area contributed by atoms with Gasteiger partial charge in [0.05, 0.1) is 12.6 Å². The fourth-order valence-corrected chi connectivity index (χ4v) is 2.12. The van der Waals surface area contributed by atoms with E-state index in [4.69, 9.17) is 4.74 Å². The van der Waals surface area contributed by atoms with Crippen molar-refractivity contribution in [3.05, 3.63) is 33.1 Å². The van der Waals surface area contributed by atoms with Crippen LogP contribution in [0.25, 0.3) is 0 Å². The molecule has 0 amide bonds. The molecule has 5 heteroatoms. The average molecular weight is 238 g/mol. The molecule has 0 aliphatic carbocycles. The van der Waals surface area contributed by atoms with Crippen LogP contribution in [0.1, 0.15) is 26.2 Å². The molecule has 94 valence electrons. The molecule has 5 nitrogen and oxygen atoms in total. The Morgan fingerprint density at radius 3 is 2.88 bits per heavy atom. The van der Waals surface area contributed by atoms with E-state index < -0.39 is 0 Å². The van der Waals surface area contributed by atoms with E-state index in [1.54, 1.807) is 6.20 Å². The van der Waals surface area contributed by atoms with Gasteiger partial charge in [0.1, 0.15) is 0 Å². The highest BCUT2D eigenvalue weighted by Crippen LogP contribution is 2.13. The van der Waals surface area contributed by atoms with Crippen molar-refractivity contribution in [2.24, 2.45) is 0 Å². The monoisotopic (exact) mass is 238 g/mol. The van der Waals surface area contributed by atoms with Crippen molar-refractivity contribution in [2.75, 3.05) is 6.61 Å². The first kappa shape index (κ1) is 12.1. The van der Waals surface area contributed by atoms with Crippen LogP contribution >= 0.6 is 0 Å². The highest BCUT2D eigenvalue weighted by atomic mass is 16.5. The summed E-state index contributed by atoms with van der Waals surface area (Å²) in [6.07, 6.45) is 4.64. The fraction of sp³-hybridized carbons (Fsp3) is 0.667. The summed E-state index contributed by atoms with van der Waals surface area (Å²) in [5, 5.41) is 0. The number of hydrogen-bond acceptors (Lipinski definition) is 3. The molecule has 0 spiro atoms. The minimum Gasteiger partial charge on any atom is -0.376 e. The Kier molecular flexibility index (Phi) is 3.78. The Labute approximate surface area is 99.6 Å². The van der Waals surface area contributed by atoms with E-state index in [1.807, 2.05) is 6.92 Å². The number of aromatic nitrogens is 2. The van der Waals surface area contributed by atoms with Gasteiger partial charge in [0.2, 0.25) is 0 Å². The van der Waals surface area contributed by atoms with Gasteiger partial charge in [-0.25, -0.2) is 4.79 Å². The van der Waals surface area contributed by atoms with E-state index in [1.165, 1.54) is 15.2 Å². The van der Waals surface area contributed by atoms with Crippen molar-refractivity contribution in [3.8, 4) is 0 Å². The normalized spacial score (nSPS) is 20.4. The largest absolute Gasteiger partial charge is 0.376 e. The predicted molar refractivity (Wildman–Crippen MR) is 64.2 cm³/mol. The number of nitrogens with zero attached hydrogens (tertiary/aromatic N) is 2. The van der Waals surface area contributed by atoms with Crippen molar-refractivity contribution in [1.29, 1.82) is 0 Å². The molecule has 0 N–H and O–H groups in total. The molecule has 2 rings (SSSR count). The quantitative estimate of drug-likeness (QED) is 0.775. The molecule has 2 heterocycles. The smallest absolute Gasteiger partial charge is 0.331 e. The van der Waals surface area contributed by atoms with Crippen molar-refractivity contribution in [2.45, 2.75) is 45.4 Å². The second kappa shape index (κ2) is 5.31. The summed E-state index contributed by atoms with van der Waals surface area (Å²) in [6.45, 7) is 3.56. The van der Waals surface area contributed by atoms with Gasteiger partial charge in [0, 0.05) is 25.4 Å². The number of hydrogen-bond donors (Lipinski definition) is 0. The third kappa shape index (κ3) is 2.66. The summed E-state index contributed by atoms with van der Waals surface area (Å²) in [6, 6.07) is 1.44. The minimum atomic E-state index is -0.242. The SMILES string of the molecule is CCn1ccc(=O)n(CC2CCCCO2)c1=O. The summed E-state index contributed by atoms with van der Waals surface area (Å²) in [5.74, 6) is 0. The number of rotatable bonds is 3. The van der Waals surface area contributed by atoms with Gasteiger partial charge in [-0.05, 0) is 26.2 Å². The Balaban J connectivity index is 2.25. The third-order valence-electron chi connectivity index (χ3n) is 3.14. The maximum Gasteiger partial charge on any atom is 0.331 e. The molecule has 1 atom stereocenters. The summed E-state index contributed by atoms with van der Waals surface area (Å²) in [7, 11) is 0. The molecule has 0 saturated carbocycles. The van der Waals surface area contributed by atoms with Crippen LogP contribution < -0.4 is 11.2 Å². The van der Waals surface area contributed by atoms with E-state index >= 15 is 0 Å². The van der Waals surface area contributed by atoms with Crippen molar-refractivity contribution < 1.29 is 4.74 Å². The van der Waals surface area contributed by atoms with Gasteiger partial charge < -0.3 is 9.30 Å². The zero-order chi connectivity index (χ0) is 12.3. The lowest BCUT2D eigenvalue weighted by atomic mass is 10.1. The van der Waals surface area contributed by atoms with Gasteiger partial charge in [0.25, 0.3) is 5.56 Å². The zero-order valence-corrected chi connectivity index (χ0v) is 10.1. The van der Waals surface area contributed by atoms with E-state index in [2.05, 4.69) is 0 Å². The lowest BCUT2D eigenvalue weighted by Gasteiger charge is -2.23. The van der Waals surface area contributed by atoms with Crippen LogP contribution in [-0.4, -0.2) is 21.8 Å². The van der Waals surface area contributed by atoms with Crippen LogP contribution in [0.3, 0.4) is 0 Å². The molecule has 1 unspecified atom stereocenters. The third-order valence-corrected chi connectivity index (χ3v) is 3.14. The first-order valence-electron chi connectivity index (χ1n) is 6.14. The van der Waals surface area contributed by atoms with Crippen LogP contribution in [0.15, 0.2) is 21.9 Å². The Hall–Kier alpha value is -1.36. The van der Waals surface area contributed by atoms with Gasteiger partial charge in [-0.2, -0.15) is 0 Å². The zero-order valence-electron chi connectivity index (χ0n) is 10.1. The van der Waals surface area contributed by atoms with Crippen LogP contribution in [0.5, 0.6) is 0 Å². The van der Waals surface area contributed by atoms with E-state index in [9.17, 15) is 9.59 Å². The van der Waals surface area contributed by atoms with Crippen LogP contribution in [0.2, 0.25) is 0 Å². The molecule has 0 aromatic carbocycles. The molecule has 0 radical (unpaired) electrons. The maximum atomic E-state index is 12.0. The molecule has 1 aromatic heterocycles. The topological polar surface area (TPSA) is 53.2 Å². The van der Waals surface area contributed by atoms with Gasteiger partial charge in [-0.15, -0.1) is 0 Å². The minimum absolute atomic E-state index is 0.00172. The summed E-state index contributed by atoms with van der Waals surface area (Å²) < 4.78 is 8.37. The van der Waals surface area contributed by atoms with E-state index in [0.717, 1.165) is 25.9 Å². The fourth-order valence-electron chi connectivity index (χ4n) is 2.12. The highest BCUT2D eigenvalue weighted by molar-refractivity contribution is 4.87. The van der Waals surface area contributed by atoms with E-state index in [-0.39, 0.29) is 17.4 Å². The van der Waals surface area contributed by atoms with Crippen molar-refractivity contribution >= 4 is 0 Å². The molecule has 1 aliphatic rings. The first-order valence-corrected chi connectivity index (χ1v) is 6.14. The predicted octanol–water partition coefficient (Wildman–Crippen LogP) is 0.599. The van der Waals surface area contributed by atoms with Crippen molar-refractivity contribution in [3.63, 3.8) is 0 Å². The Morgan fingerprint density at radius 2 is 2.24 bits per heavy atom. The molecule has 0 bridgehead atoms. The standard InChI is InChI=1S/C12H18N2O3/c1-2-13-7-6-11(15)14(12(13)16)9-10-5-3-4-8-17-10/h6-7,10H,2-5,8-9H2,1H3. The maximum absolute atomic E-state index is 12.0. The molecule has 17 heavy (non-hydrogen) atoms. The lowest BCUT2D eigenvalue weighted by Crippen LogP contribution is -2.42.